The number of carbonyl (C=O) groups is 1. The molecule has 0 bridgehead atoms. The summed E-state index contributed by atoms with van der Waals surface area (Å²) < 4.78 is 2.06. The lowest BCUT2D eigenvalue weighted by molar-refractivity contribution is -0.137. The minimum Gasteiger partial charge on any atom is -0.481 e. The van der Waals surface area contributed by atoms with Crippen LogP contribution in [0.2, 0.25) is 0 Å². The van der Waals surface area contributed by atoms with Gasteiger partial charge in [-0.25, -0.2) is 9.97 Å². The van der Waals surface area contributed by atoms with Gasteiger partial charge in [-0.05, 0) is 56.4 Å². The number of carboxylic acid groups (broad SMARTS) is 1. The van der Waals surface area contributed by atoms with Gasteiger partial charge in [0.25, 0.3) is 0 Å². The van der Waals surface area contributed by atoms with E-state index in [9.17, 15) is 10.1 Å². The van der Waals surface area contributed by atoms with E-state index in [0.29, 0.717) is 17.7 Å². The van der Waals surface area contributed by atoms with Crippen LogP contribution in [-0.4, -0.2) is 25.6 Å². The van der Waals surface area contributed by atoms with E-state index in [4.69, 9.17) is 10.1 Å². The molecule has 0 saturated heterocycles. The second-order valence-electron chi connectivity index (χ2n) is 6.97. The fourth-order valence-corrected chi connectivity index (χ4v) is 3.51. The molecule has 2 aromatic heterocycles. The number of fused-ring (bicyclic) bond motifs is 1. The Balaban J connectivity index is 1.95. The van der Waals surface area contributed by atoms with Crippen LogP contribution < -0.4 is 0 Å². The number of rotatable bonds is 7. The van der Waals surface area contributed by atoms with Crippen LogP contribution in [0, 0.1) is 25.2 Å². The van der Waals surface area contributed by atoms with Crippen molar-refractivity contribution in [3.8, 4) is 11.8 Å². The summed E-state index contributed by atoms with van der Waals surface area (Å²) in [6.45, 7) is 5.84. The number of carboxylic acids is 1. The van der Waals surface area contributed by atoms with Gasteiger partial charge in [-0.1, -0.05) is 19.1 Å². The van der Waals surface area contributed by atoms with E-state index >= 15 is 0 Å². The molecule has 0 atom stereocenters. The number of aromatic nitrogens is 3. The van der Waals surface area contributed by atoms with Crippen LogP contribution in [0.15, 0.2) is 24.3 Å². The lowest BCUT2D eigenvalue weighted by Crippen LogP contribution is -2.02. The summed E-state index contributed by atoms with van der Waals surface area (Å²) in [5.74, 6) is 0.168. The quantitative estimate of drug-likeness (QED) is 0.622. The van der Waals surface area contributed by atoms with Crippen LogP contribution in [0.5, 0.6) is 0 Å². The van der Waals surface area contributed by atoms with Crippen LogP contribution in [-0.2, 0) is 17.6 Å². The van der Waals surface area contributed by atoms with Gasteiger partial charge < -0.3 is 5.11 Å². The van der Waals surface area contributed by atoms with Crippen LogP contribution in [0.4, 0.5) is 0 Å². The van der Waals surface area contributed by atoms with E-state index in [1.807, 2.05) is 13.8 Å². The molecular formula is C22H24N4O2. The lowest BCUT2D eigenvalue weighted by atomic mass is 10.1. The average molecular weight is 376 g/mol. The van der Waals surface area contributed by atoms with Crippen molar-refractivity contribution in [1.82, 2.24) is 14.5 Å². The summed E-state index contributed by atoms with van der Waals surface area (Å²) in [5.41, 5.74) is 5.90. The predicted molar refractivity (Wildman–Crippen MR) is 108 cm³/mol. The smallest absolute Gasteiger partial charge is 0.303 e. The molecule has 6 heteroatoms. The monoisotopic (exact) mass is 376 g/mol. The van der Waals surface area contributed by atoms with Crippen LogP contribution >= 0.6 is 0 Å². The zero-order chi connectivity index (χ0) is 20.3. The first-order valence-corrected chi connectivity index (χ1v) is 9.56. The van der Waals surface area contributed by atoms with E-state index in [-0.39, 0.29) is 6.42 Å². The Kier molecular flexibility index (Phi) is 5.74. The molecule has 0 aliphatic carbocycles. The number of pyridine rings is 1. The molecule has 0 unspecified atom stereocenters. The van der Waals surface area contributed by atoms with Gasteiger partial charge in [0, 0.05) is 18.5 Å². The highest BCUT2D eigenvalue weighted by Crippen LogP contribution is 2.26. The fourth-order valence-electron chi connectivity index (χ4n) is 3.51. The summed E-state index contributed by atoms with van der Waals surface area (Å²) in [5, 5.41) is 18.1. The molecule has 2 heterocycles. The van der Waals surface area contributed by atoms with Gasteiger partial charge in [0.05, 0.1) is 11.3 Å². The zero-order valence-corrected chi connectivity index (χ0v) is 16.5. The highest BCUT2D eigenvalue weighted by molar-refractivity contribution is 5.80. The van der Waals surface area contributed by atoms with Crippen molar-refractivity contribution in [3.05, 3.63) is 52.5 Å². The minimum atomic E-state index is -0.743. The Morgan fingerprint density at radius 2 is 1.89 bits per heavy atom. The molecule has 6 nitrogen and oxygen atoms in total. The van der Waals surface area contributed by atoms with E-state index in [1.54, 1.807) is 0 Å². The van der Waals surface area contributed by atoms with Crippen molar-refractivity contribution in [3.63, 3.8) is 0 Å². The molecule has 0 aliphatic rings. The van der Waals surface area contributed by atoms with E-state index in [2.05, 4.69) is 46.8 Å². The van der Waals surface area contributed by atoms with Crippen molar-refractivity contribution in [2.24, 2.45) is 0 Å². The first kappa shape index (κ1) is 19.6. The van der Waals surface area contributed by atoms with Crippen molar-refractivity contribution >= 4 is 17.1 Å². The molecular weight excluding hydrogens is 352 g/mol. The molecule has 0 amide bonds. The first-order chi connectivity index (χ1) is 13.5. The number of aliphatic carboxylic acids is 1. The van der Waals surface area contributed by atoms with Crippen molar-refractivity contribution in [2.45, 2.75) is 52.9 Å². The summed E-state index contributed by atoms with van der Waals surface area (Å²) in [6.07, 6.45) is 3.38. The second kappa shape index (κ2) is 8.22. The van der Waals surface area contributed by atoms with Crippen molar-refractivity contribution < 1.29 is 9.90 Å². The SMILES string of the molecule is CCc1nc2c(C)c(C#N)c(C)nc2n1-c1ccc(CCCCC(=O)O)cc1. The van der Waals surface area contributed by atoms with Crippen molar-refractivity contribution in [1.29, 1.82) is 5.26 Å². The molecule has 0 saturated carbocycles. The highest BCUT2D eigenvalue weighted by atomic mass is 16.4. The normalized spacial score (nSPS) is 10.9. The summed E-state index contributed by atoms with van der Waals surface area (Å²) in [7, 11) is 0. The maximum atomic E-state index is 10.6. The molecule has 1 aromatic carbocycles. The average Bonchev–Trinajstić information content (AvgIpc) is 3.04. The van der Waals surface area contributed by atoms with Gasteiger partial charge in [0.2, 0.25) is 0 Å². The Bertz CT molecular complexity index is 1060. The van der Waals surface area contributed by atoms with Crippen LogP contribution in [0.1, 0.15) is 54.4 Å². The van der Waals surface area contributed by atoms with Gasteiger partial charge in [0.1, 0.15) is 17.4 Å². The maximum absolute atomic E-state index is 10.6. The number of hydrogen-bond acceptors (Lipinski definition) is 4. The van der Waals surface area contributed by atoms with Gasteiger partial charge in [-0.3, -0.25) is 9.36 Å². The second-order valence-corrected chi connectivity index (χ2v) is 6.97. The molecule has 1 N–H and O–H groups in total. The maximum Gasteiger partial charge on any atom is 0.303 e. The third kappa shape index (κ3) is 3.74. The lowest BCUT2D eigenvalue weighted by Gasteiger charge is -2.10. The van der Waals surface area contributed by atoms with Gasteiger partial charge in [-0.15, -0.1) is 0 Å². The largest absolute Gasteiger partial charge is 0.481 e. The number of nitrogens with zero attached hydrogens (tertiary/aromatic N) is 4. The number of imidazole rings is 1. The van der Waals surface area contributed by atoms with Crippen LogP contribution in [0.25, 0.3) is 16.9 Å². The highest BCUT2D eigenvalue weighted by Gasteiger charge is 2.18. The zero-order valence-electron chi connectivity index (χ0n) is 16.5. The number of unbranched alkanes of at least 4 members (excludes halogenated alkanes) is 1. The predicted octanol–water partition coefficient (Wildman–Crippen LogP) is 4.27. The van der Waals surface area contributed by atoms with E-state index < -0.39 is 5.97 Å². The molecule has 3 rings (SSSR count). The van der Waals surface area contributed by atoms with Gasteiger partial charge >= 0.3 is 5.97 Å². The Labute approximate surface area is 164 Å². The number of nitriles is 1. The van der Waals surface area contributed by atoms with E-state index in [1.165, 1.54) is 5.56 Å². The summed E-state index contributed by atoms with van der Waals surface area (Å²) >= 11 is 0. The molecule has 0 radical (unpaired) electrons. The standard InChI is InChI=1S/C22H24N4O2/c1-4-19-25-21-14(2)18(13-23)15(3)24-22(21)26(19)17-11-9-16(10-12-17)7-5-6-8-20(27)28/h9-12H,4-8H2,1-3H3,(H,27,28). The summed E-state index contributed by atoms with van der Waals surface area (Å²) in [6, 6.07) is 10.5. The molecule has 0 aliphatic heterocycles. The molecule has 144 valence electrons. The molecule has 0 spiro atoms. The van der Waals surface area contributed by atoms with Crippen LogP contribution in [0.3, 0.4) is 0 Å². The number of hydrogen-bond donors (Lipinski definition) is 1. The van der Waals surface area contributed by atoms with Crippen molar-refractivity contribution in [2.75, 3.05) is 0 Å². The minimum absolute atomic E-state index is 0.216. The molecule has 0 fully saturated rings. The van der Waals surface area contributed by atoms with Gasteiger partial charge in [0.15, 0.2) is 5.65 Å². The third-order valence-corrected chi connectivity index (χ3v) is 5.02. The topological polar surface area (TPSA) is 91.8 Å². The first-order valence-electron chi connectivity index (χ1n) is 9.56. The third-order valence-electron chi connectivity index (χ3n) is 5.02. The fraction of sp³-hybridized carbons (Fsp3) is 0.364. The van der Waals surface area contributed by atoms with E-state index in [0.717, 1.165) is 47.5 Å². The molecule has 28 heavy (non-hydrogen) atoms. The Morgan fingerprint density at radius 1 is 1.18 bits per heavy atom. The number of benzene rings is 1. The Morgan fingerprint density at radius 3 is 2.50 bits per heavy atom. The Hall–Kier alpha value is -3.20. The number of aryl methyl sites for hydroxylation is 4. The summed E-state index contributed by atoms with van der Waals surface area (Å²) in [4.78, 5) is 20.0. The van der Waals surface area contributed by atoms with Gasteiger partial charge in [-0.2, -0.15) is 5.26 Å². The molecule has 3 aromatic rings.